The maximum Gasteiger partial charge on any atom is 0.217 e. The molecule has 2 rings (SSSR count). The van der Waals surface area contributed by atoms with Gasteiger partial charge in [-0.15, -0.1) is 0 Å². The van der Waals surface area contributed by atoms with Crippen molar-refractivity contribution in [2.45, 2.75) is 0 Å². The fraction of sp³-hybridized carbons (Fsp3) is 0. The largest absolute Gasteiger partial charge is 0.508 e. The van der Waals surface area contributed by atoms with E-state index < -0.39 is 0 Å². The minimum atomic E-state index is 0.167. The Morgan fingerprint density at radius 2 is 2.29 bits per heavy atom. The first-order chi connectivity index (χ1) is 6.81. The summed E-state index contributed by atoms with van der Waals surface area (Å²) in [4.78, 5) is 3.86. The molecular weight excluding hydrogens is 178 g/mol. The van der Waals surface area contributed by atoms with Crippen molar-refractivity contribution >= 4 is 0 Å². The van der Waals surface area contributed by atoms with E-state index in [0.717, 1.165) is 5.69 Å². The van der Waals surface area contributed by atoms with E-state index in [1.54, 1.807) is 41.2 Å². The minimum absolute atomic E-state index is 0.167. The standard InChI is InChI=1S/C10H7N3O/c11-7-10-12-4-5-13(10)8-2-1-3-9(14)6-8/h1-6,14H. The van der Waals surface area contributed by atoms with Gasteiger partial charge in [0, 0.05) is 18.5 Å². The molecule has 0 atom stereocenters. The molecule has 0 aliphatic heterocycles. The van der Waals surface area contributed by atoms with Gasteiger partial charge in [0.05, 0.1) is 5.69 Å². The van der Waals surface area contributed by atoms with Gasteiger partial charge >= 0.3 is 0 Å². The summed E-state index contributed by atoms with van der Waals surface area (Å²) in [5.41, 5.74) is 0.721. The Morgan fingerprint density at radius 1 is 1.43 bits per heavy atom. The first kappa shape index (κ1) is 8.32. The van der Waals surface area contributed by atoms with E-state index in [1.165, 1.54) is 0 Å². The van der Waals surface area contributed by atoms with Crippen LogP contribution in [0.3, 0.4) is 0 Å². The summed E-state index contributed by atoms with van der Waals surface area (Å²) in [5, 5.41) is 18.0. The third-order valence-electron chi connectivity index (χ3n) is 1.85. The number of hydrogen-bond acceptors (Lipinski definition) is 3. The zero-order valence-corrected chi connectivity index (χ0v) is 7.25. The van der Waals surface area contributed by atoms with Gasteiger partial charge in [0.1, 0.15) is 11.8 Å². The molecule has 1 heterocycles. The highest BCUT2D eigenvalue weighted by atomic mass is 16.3. The first-order valence-corrected chi connectivity index (χ1v) is 4.04. The lowest BCUT2D eigenvalue weighted by molar-refractivity contribution is 0.475. The van der Waals surface area contributed by atoms with Crippen LogP contribution < -0.4 is 0 Å². The monoisotopic (exact) mass is 185 g/mol. The van der Waals surface area contributed by atoms with Crippen LogP contribution in [-0.4, -0.2) is 14.7 Å². The van der Waals surface area contributed by atoms with Gasteiger partial charge in [0.25, 0.3) is 0 Å². The number of aromatic hydroxyl groups is 1. The smallest absolute Gasteiger partial charge is 0.217 e. The molecule has 4 nitrogen and oxygen atoms in total. The summed E-state index contributed by atoms with van der Waals surface area (Å²) >= 11 is 0. The molecule has 1 aromatic carbocycles. The van der Waals surface area contributed by atoms with E-state index in [9.17, 15) is 5.11 Å². The molecule has 0 saturated carbocycles. The van der Waals surface area contributed by atoms with Crippen molar-refractivity contribution in [3.05, 3.63) is 42.5 Å². The Hall–Kier alpha value is -2.28. The molecule has 0 bridgehead atoms. The third-order valence-corrected chi connectivity index (χ3v) is 1.85. The van der Waals surface area contributed by atoms with E-state index in [0.29, 0.717) is 5.82 Å². The molecule has 1 N–H and O–H groups in total. The molecule has 0 fully saturated rings. The predicted molar refractivity (Wildman–Crippen MR) is 49.9 cm³/mol. The maximum atomic E-state index is 9.26. The zero-order chi connectivity index (χ0) is 9.97. The van der Waals surface area contributed by atoms with Gasteiger partial charge in [0.2, 0.25) is 5.82 Å². The second-order valence-corrected chi connectivity index (χ2v) is 2.75. The van der Waals surface area contributed by atoms with Crippen LogP contribution in [0.5, 0.6) is 5.75 Å². The van der Waals surface area contributed by atoms with Crippen LogP contribution in [0.1, 0.15) is 5.82 Å². The topological polar surface area (TPSA) is 61.8 Å². The van der Waals surface area contributed by atoms with E-state index >= 15 is 0 Å². The lowest BCUT2D eigenvalue weighted by Crippen LogP contribution is -1.95. The van der Waals surface area contributed by atoms with Crippen LogP contribution in [0.2, 0.25) is 0 Å². The van der Waals surface area contributed by atoms with Crippen LogP contribution in [0.4, 0.5) is 0 Å². The SMILES string of the molecule is N#Cc1nccn1-c1cccc(O)c1. The summed E-state index contributed by atoms with van der Waals surface area (Å²) in [6.07, 6.45) is 3.22. The lowest BCUT2D eigenvalue weighted by atomic mass is 10.3. The van der Waals surface area contributed by atoms with Crippen molar-refractivity contribution in [2.75, 3.05) is 0 Å². The number of phenols is 1. The Labute approximate surface area is 80.7 Å². The van der Waals surface area contributed by atoms with E-state index in [1.807, 2.05) is 6.07 Å². The fourth-order valence-corrected chi connectivity index (χ4v) is 1.24. The molecule has 2 aromatic rings. The molecule has 4 heteroatoms. The van der Waals surface area contributed by atoms with Crippen molar-refractivity contribution < 1.29 is 5.11 Å². The number of imidazole rings is 1. The van der Waals surface area contributed by atoms with Gasteiger partial charge in [-0.25, -0.2) is 4.98 Å². The Kier molecular flexibility index (Phi) is 1.92. The molecule has 0 radical (unpaired) electrons. The Morgan fingerprint density at radius 3 is 3.00 bits per heavy atom. The van der Waals surface area contributed by atoms with Gasteiger partial charge in [-0.05, 0) is 12.1 Å². The average molecular weight is 185 g/mol. The molecule has 0 aliphatic rings. The summed E-state index contributed by atoms with van der Waals surface area (Å²) in [6.45, 7) is 0. The lowest BCUT2D eigenvalue weighted by Gasteiger charge is -2.02. The van der Waals surface area contributed by atoms with Gasteiger partial charge in [-0.1, -0.05) is 6.07 Å². The molecule has 14 heavy (non-hydrogen) atoms. The Bertz CT molecular complexity index is 496. The summed E-state index contributed by atoms with van der Waals surface area (Å²) in [5.74, 6) is 0.468. The fourth-order valence-electron chi connectivity index (χ4n) is 1.24. The van der Waals surface area contributed by atoms with Crippen LogP contribution in [-0.2, 0) is 0 Å². The number of rotatable bonds is 1. The number of phenolic OH excluding ortho intramolecular Hbond substituents is 1. The quantitative estimate of drug-likeness (QED) is 0.731. The molecule has 0 spiro atoms. The number of benzene rings is 1. The van der Waals surface area contributed by atoms with Gasteiger partial charge in [-0.2, -0.15) is 5.26 Å². The molecule has 68 valence electrons. The first-order valence-electron chi connectivity index (χ1n) is 4.04. The summed E-state index contributed by atoms with van der Waals surface area (Å²) in [7, 11) is 0. The molecule has 0 unspecified atom stereocenters. The second-order valence-electron chi connectivity index (χ2n) is 2.75. The molecule has 1 aromatic heterocycles. The van der Waals surface area contributed by atoms with Crippen LogP contribution in [0.15, 0.2) is 36.7 Å². The van der Waals surface area contributed by atoms with E-state index in [-0.39, 0.29) is 5.75 Å². The van der Waals surface area contributed by atoms with Crippen LogP contribution >= 0.6 is 0 Å². The predicted octanol–water partition coefficient (Wildman–Crippen LogP) is 1.45. The van der Waals surface area contributed by atoms with E-state index in [4.69, 9.17) is 5.26 Å². The molecule has 0 aliphatic carbocycles. The van der Waals surface area contributed by atoms with Gasteiger partial charge in [0.15, 0.2) is 0 Å². The van der Waals surface area contributed by atoms with Crippen molar-refractivity contribution in [3.8, 4) is 17.5 Å². The van der Waals surface area contributed by atoms with Crippen LogP contribution in [0.25, 0.3) is 5.69 Å². The molecule has 0 saturated heterocycles. The minimum Gasteiger partial charge on any atom is -0.508 e. The maximum absolute atomic E-state index is 9.26. The number of hydrogen-bond donors (Lipinski definition) is 1. The normalized spacial score (nSPS) is 9.64. The summed E-state index contributed by atoms with van der Waals surface area (Å²) in [6, 6.07) is 8.62. The van der Waals surface area contributed by atoms with E-state index in [2.05, 4.69) is 4.98 Å². The number of nitriles is 1. The van der Waals surface area contributed by atoms with Crippen molar-refractivity contribution in [1.29, 1.82) is 5.26 Å². The van der Waals surface area contributed by atoms with Crippen molar-refractivity contribution in [1.82, 2.24) is 9.55 Å². The van der Waals surface area contributed by atoms with Crippen molar-refractivity contribution in [2.24, 2.45) is 0 Å². The third kappa shape index (κ3) is 1.31. The highest BCUT2D eigenvalue weighted by Gasteiger charge is 2.03. The zero-order valence-electron chi connectivity index (χ0n) is 7.25. The highest BCUT2D eigenvalue weighted by molar-refractivity contribution is 5.40. The van der Waals surface area contributed by atoms with Gasteiger partial charge in [-0.3, -0.25) is 4.57 Å². The molecular formula is C10H7N3O. The number of nitrogens with zero attached hydrogens (tertiary/aromatic N) is 3. The van der Waals surface area contributed by atoms with Crippen molar-refractivity contribution in [3.63, 3.8) is 0 Å². The average Bonchev–Trinajstić information content (AvgIpc) is 2.65. The molecule has 0 amide bonds. The number of aromatic nitrogens is 2. The van der Waals surface area contributed by atoms with Gasteiger partial charge < -0.3 is 5.11 Å². The Balaban J connectivity index is 2.56. The second kappa shape index (κ2) is 3.23. The van der Waals surface area contributed by atoms with Crippen LogP contribution in [0, 0.1) is 11.3 Å². The summed E-state index contributed by atoms with van der Waals surface area (Å²) < 4.78 is 1.61. The highest BCUT2D eigenvalue weighted by Crippen LogP contribution is 2.15.